The van der Waals surface area contributed by atoms with Gasteiger partial charge in [-0.3, -0.25) is 4.79 Å². The molecule has 0 bridgehead atoms. The van der Waals surface area contributed by atoms with E-state index in [0.717, 1.165) is 36.1 Å². The third kappa shape index (κ3) is 3.89. The second-order valence-electron chi connectivity index (χ2n) is 7.98. The van der Waals surface area contributed by atoms with Gasteiger partial charge in [-0.1, -0.05) is 37.8 Å². The van der Waals surface area contributed by atoms with Crippen LogP contribution in [0.3, 0.4) is 0 Å². The van der Waals surface area contributed by atoms with E-state index in [1.807, 2.05) is 18.2 Å². The fraction of sp³-hybridized carbons (Fsp3) is 0.571. The van der Waals surface area contributed by atoms with Crippen molar-refractivity contribution in [2.45, 2.75) is 70.9 Å². The summed E-state index contributed by atoms with van der Waals surface area (Å²) in [4.78, 5) is 12.8. The van der Waals surface area contributed by atoms with Crippen LogP contribution in [0.25, 0.3) is 5.70 Å². The number of carbonyl (C=O) groups is 1. The molecule has 0 radical (unpaired) electrons. The van der Waals surface area contributed by atoms with Gasteiger partial charge in [-0.15, -0.1) is 0 Å². The third-order valence-corrected chi connectivity index (χ3v) is 5.30. The maximum Gasteiger partial charge on any atom is 0.160 e. The maximum absolute atomic E-state index is 12.8. The molecule has 1 saturated carbocycles. The van der Waals surface area contributed by atoms with Crippen LogP contribution in [0, 0.1) is 5.92 Å². The van der Waals surface area contributed by atoms with Crippen molar-refractivity contribution in [1.82, 2.24) is 5.32 Å². The largest absolute Gasteiger partial charge is 0.392 e. The van der Waals surface area contributed by atoms with Crippen molar-refractivity contribution < 1.29 is 9.90 Å². The molecule has 3 rings (SSSR count). The topological polar surface area (TPSA) is 49.3 Å². The molecule has 0 amide bonds. The Balaban J connectivity index is 1.92. The number of aliphatic hydroxyl groups is 1. The van der Waals surface area contributed by atoms with Gasteiger partial charge in [0.1, 0.15) is 0 Å². The summed E-state index contributed by atoms with van der Waals surface area (Å²) in [5, 5.41) is 13.0. The standard InChI is InChI=1S/C21H29NO2/c1-21(2)13-17-10-9-15(14-23)11-18(17)19(22-21)12-20(24)16-7-5-3-4-6-8-16/h9-12,16,22-23H,3-8,13-14H2,1-2H3. The molecule has 3 heteroatoms. The molecule has 1 heterocycles. The normalized spacial score (nSPS) is 22.5. The number of nitrogens with one attached hydrogen (secondary N) is 1. The van der Waals surface area contributed by atoms with Crippen LogP contribution in [0.5, 0.6) is 0 Å². The highest BCUT2D eigenvalue weighted by molar-refractivity contribution is 5.98. The quantitative estimate of drug-likeness (QED) is 0.652. The highest BCUT2D eigenvalue weighted by Gasteiger charge is 2.29. The summed E-state index contributed by atoms with van der Waals surface area (Å²) in [5.74, 6) is 0.439. The van der Waals surface area contributed by atoms with Gasteiger partial charge in [0.15, 0.2) is 5.78 Å². The van der Waals surface area contributed by atoms with Crippen molar-refractivity contribution in [3.05, 3.63) is 41.0 Å². The first-order chi connectivity index (χ1) is 11.5. The monoisotopic (exact) mass is 327 g/mol. The van der Waals surface area contributed by atoms with Crippen LogP contribution in [0.15, 0.2) is 24.3 Å². The molecule has 1 aromatic carbocycles. The molecule has 1 aliphatic carbocycles. The Morgan fingerprint density at radius 3 is 2.62 bits per heavy atom. The molecule has 2 N–H and O–H groups in total. The number of carbonyl (C=O) groups excluding carboxylic acids is 1. The van der Waals surface area contributed by atoms with Gasteiger partial charge >= 0.3 is 0 Å². The number of ketones is 1. The van der Waals surface area contributed by atoms with Crippen molar-refractivity contribution >= 4 is 11.5 Å². The minimum Gasteiger partial charge on any atom is -0.392 e. The average Bonchev–Trinajstić information content (AvgIpc) is 2.83. The van der Waals surface area contributed by atoms with Gasteiger partial charge in [-0.25, -0.2) is 0 Å². The number of fused-ring (bicyclic) bond motifs is 1. The Kier molecular flexibility index (Phi) is 5.09. The number of hydrogen-bond acceptors (Lipinski definition) is 3. The summed E-state index contributed by atoms with van der Waals surface area (Å²) >= 11 is 0. The predicted molar refractivity (Wildman–Crippen MR) is 97.5 cm³/mol. The Hall–Kier alpha value is -1.61. The maximum atomic E-state index is 12.8. The highest BCUT2D eigenvalue weighted by Crippen LogP contribution is 2.32. The number of aliphatic hydroxyl groups excluding tert-OH is 1. The Morgan fingerprint density at radius 1 is 1.25 bits per heavy atom. The van der Waals surface area contributed by atoms with Crippen LogP contribution < -0.4 is 5.32 Å². The van der Waals surface area contributed by atoms with Crippen molar-refractivity contribution in [2.75, 3.05) is 0 Å². The number of benzene rings is 1. The van der Waals surface area contributed by atoms with Gasteiger partial charge in [-0.05, 0) is 50.3 Å². The number of rotatable bonds is 3. The van der Waals surface area contributed by atoms with Crippen LogP contribution in [0.4, 0.5) is 0 Å². The molecule has 1 aliphatic heterocycles. The van der Waals surface area contributed by atoms with E-state index in [0.29, 0.717) is 0 Å². The number of allylic oxidation sites excluding steroid dienone is 1. The number of hydrogen-bond donors (Lipinski definition) is 2. The van der Waals surface area contributed by atoms with E-state index in [1.54, 1.807) is 0 Å². The molecule has 0 atom stereocenters. The van der Waals surface area contributed by atoms with E-state index in [2.05, 4.69) is 25.2 Å². The lowest BCUT2D eigenvalue weighted by Gasteiger charge is -2.36. The highest BCUT2D eigenvalue weighted by atomic mass is 16.3. The molecule has 0 spiro atoms. The van der Waals surface area contributed by atoms with Crippen LogP contribution in [0.2, 0.25) is 0 Å². The van der Waals surface area contributed by atoms with Crippen molar-refractivity contribution in [3.8, 4) is 0 Å². The summed E-state index contributed by atoms with van der Waals surface area (Å²) in [6, 6.07) is 6.09. The van der Waals surface area contributed by atoms with E-state index in [9.17, 15) is 9.90 Å². The van der Waals surface area contributed by atoms with Gasteiger partial charge in [0.2, 0.25) is 0 Å². The van der Waals surface area contributed by atoms with E-state index in [1.165, 1.54) is 31.2 Å². The zero-order chi connectivity index (χ0) is 17.2. The molecule has 0 saturated heterocycles. The van der Waals surface area contributed by atoms with Crippen LogP contribution in [0.1, 0.15) is 69.1 Å². The fourth-order valence-electron chi connectivity index (χ4n) is 4.02. The van der Waals surface area contributed by atoms with Crippen molar-refractivity contribution in [3.63, 3.8) is 0 Å². The lowest BCUT2D eigenvalue weighted by Crippen LogP contribution is -2.44. The molecule has 1 fully saturated rings. The predicted octanol–water partition coefficient (Wildman–Crippen LogP) is 3.98. The molecule has 3 nitrogen and oxygen atoms in total. The van der Waals surface area contributed by atoms with E-state index in [-0.39, 0.29) is 23.8 Å². The van der Waals surface area contributed by atoms with E-state index >= 15 is 0 Å². The first-order valence-electron chi connectivity index (χ1n) is 9.25. The smallest absolute Gasteiger partial charge is 0.160 e. The lowest BCUT2D eigenvalue weighted by atomic mass is 9.84. The molecule has 24 heavy (non-hydrogen) atoms. The summed E-state index contributed by atoms with van der Waals surface area (Å²) in [5.41, 5.74) is 4.07. The molecule has 2 aliphatic rings. The van der Waals surface area contributed by atoms with Gasteiger partial charge in [0.25, 0.3) is 0 Å². The fourth-order valence-corrected chi connectivity index (χ4v) is 4.02. The summed E-state index contributed by atoms with van der Waals surface area (Å²) < 4.78 is 0. The molecule has 0 aromatic heterocycles. The SMILES string of the molecule is CC1(C)Cc2ccc(CO)cc2C(=CC(=O)C2CCCCCC2)N1. The summed E-state index contributed by atoms with van der Waals surface area (Å²) in [6.45, 7) is 4.36. The first kappa shape index (κ1) is 17.2. The van der Waals surface area contributed by atoms with Crippen LogP contribution in [-0.2, 0) is 17.8 Å². The summed E-state index contributed by atoms with van der Waals surface area (Å²) in [7, 11) is 0. The zero-order valence-electron chi connectivity index (χ0n) is 14.9. The molecule has 0 unspecified atom stereocenters. The summed E-state index contributed by atoms with van der Waals surface area (Å²) in [6.07, 6.45) is 9.65. The molecule has 130 valence electrons. The van der Waals surface area contributed by atoms with Crippen molar-refractivity contribution in [2.24, 2.45) is 5.92 Å². The van der Waals surface area contributed by atoms with Crippen molar-refractivity contribution in [1.29, 1.82) is 0 Å². The Bertz CT molecular complexity index is 637. The zero-order valence-corrected chi connectivity index (χ0v) is 14.9. The lowest BCUT2D eigenvalue weighted by molar-refractivity contribution is -0.118. The van der Waals surface area contributed by atoms with Gasteiger partial charge < -0.3 is 10.4 Å². The van der Waals surface area contributed by atoms with E-state index in [4.69, 9.17) is 0 Å². The second-order valence-corrected chi connectivity index (χ2v) is 7.98. The second kappa shape index (κ2) is 7.10. The van der Waals surface area contributed by atoms with Crippen LogP contribution >= 0.6 is 0 Å². The van der Waals surface area contributed by atoms with Crippen LogP contribution in [-0.4, -0.2) is 16.4 Å². The third-order valence-electron chi connectivity index (χ3n) is 5.30. The molecular weight excluding hydrogens is 298 g/mol. The first-order valence-corrected chi connectivity index (χ1v) is 9.25. The van der Waals surface area contributed by atoms with Gasteiger partial charge in [0, 0.05) is 28.8 Å². The molecule has 1 aromatic rings. The average molecular weight is 327 g/mol. The Morgan fingerprint density at radius 2 is 1.96 bits per heavy atom. The van der Waals surface area contributed by atoms with Gasteiger partial charge in [-0.2, -0.15) is 0 Å². The van der Waals surface area contributed by atoms with E-state index < -0.39 is 0 Å². The van der Waals surface area contributed by atoms with Gasteiger partial charge in [0.05, 0.1) is 6.61 Å². The molecular formula is C21H29NO2. The minimum absolute atomic E-state index is 0.0283. The minimum atomic E-state index is -0.0662. The Labute approximate surface area is 145 Å².